The van der Waals surface area contributed by atoms with Crippen LogP contribution >= 0.6 is 0 Å². The van der Waals surface area contributed by atoms with Crippen LogP contribution in [0.2, 0.25) is 0 Å². The monoisotopic (exact) mass is 345 g/mol. The predicted octanol–water partition coefficient (Wildman–Crippen LogP) is 1.42. The van der Waals surface area contributed by atoms with Crippen LogP contribution in [-0.4, -0.2) is 53.8 Å². The molecule has 0 aromatic carbocycles. The smallest absolute Gasteiger partial charge is 0.227 e. The van der Waals surface area contributed by atoms with Crippen LogP contribution in [0.1, 0.15) is 33.1 Å². The summed E-state index contributed by atoms with van der Waals surface area (Å²) in [6, 6.07) is 1.90. The Kier molecular flexibility index (Phi) is 4.27. The van der Waals surface area contributed by atoms with Crippen LogP contribution in [0.15, 0.2) is 12.3 Å². The second-order valence-corrected chi connectivity index (χ2v) is 7.34. The number of fused-ring (bicyclic) bond motifs is 1. The lowest BCUT2D eigenvalue weighted by Crippen LogP contribution is -2.41. The third-order valence-electron chi connectivity index (χ3n) is 5.92. The van der Waals surface area contributed by atoms with Crippen LogP contribution in [0, 0.1) is 11.8 Å². The zero-order valence-electron chi connectivity index (χ0n) is 15.0. The molecule has 7 heteroatoms. The van der Waals surface area contributed by atoms with Crippen molar-refractivity contribution >= 4 is 17.7 Å². The van der Waals surface area contributed by atoms with E-state index in [4.69, 9.17) is 4.74 Å². The first-order valence-electron chi connectivity index (χ1n) is 9.41. The van der Waals surface area contributed by atoms with Gasteiger partial charge in [0, 0.05) is 44.1 Å². The van der Waals surface area contributed by atoms with E-state index in [1.807, 2.05) is 19.2 Å². The Labute approximate surface area is 148 Å². The first kappa shape index (κ1) is 16.6. The molecule has 4 atom stereocenters. The molecule has 7 nitrogen and oxygen atoms in total. The Morgan fingerprint density at radius 1 is 1.48 bits per heavy atom. The number of hydrogen-bond donors (Lipinski definition) is 2. The van der Waals surface area contributed by atoms with Crippen LogP contribution < -0.4 is 15.5 Å². The van der Waals surface area contributed by atoms with Gasteiger partial charge in [0.2, 0.25) is 11.9 Å². The molecular weight excluding hydrogens is 318 g/mol. The fourth-order valence-electron chi connectivity index (χ4n) is 4.75. The lowest BCUT2D eigenvalue weighted by molar-refractivity contribution is -0.121. The van der Waals surface area contributed by atoms with E-state index in [0.29, 0.717) is 24.4 Å². The summed E-state index contributed by atoms with van der Waals surface area (Å²) < 4.78 is 6.43. The number of ether oxygens (including phenoxy) is 1. The molecule has 1 aromatic heterocycles. The molecule has 3 aliphatic heterocycles. The highest BCUT2D eigenvalue weighted by molar-refractivity contribution is 5.75. The molecule has 0 aliphatic carbocycles. The number of nitrogens with zero attached hydrogens (tertiary/aromatic N) is 3. The number of aromatic nitrogens is 2. The van der Waals surface area contributed by atoms with Gasteiger partial charge in [-0.1, -0.05) is 6.92 Å². The third-order valence-corrected chi connectivity index (χ3v) is 5.92. The van der Waals surface area contributed by atoms with Crippen molar-refractivity contribution in [2.75, 3.05) is 36.4 Å². The summed E-state index contributed by atoms with van der Waals surface area (Å²) in [6.07, 6.45) is 4.83. The SMILES string of the molecule is CCNc1ccnc(N2C[C@@H]3[C@H](CNC(=O)CC)[C@H]4CC[C@]3(C2)O4)n1. The number of rotatable bonds is 6. The lowest BCUT2D eigenvalue weighted by atomic mass is 9.73. The van der Waals surface area contributed by atoms with Gasteiger partial charge >= 0.3 is 0 Å². The maximum absolute atomic E-state index is 11.7. The van der Waals surface area contributed by atoms with Crippen molar-refractivity contribution in [1.82, 2.24) is 15.3 Å². The number of amides is 1. The van der Waals surface area contributed by atoms with Gasteiger partial charge in [-0.25, -0.2) is 4.98 Å². The topological polar surface area (TPSA) is 79.4 Å². The minimum absolute atomic E-state index is 0.0795. The molecule has 4 rings (SSSR count). The van der Waals surface area contributed by atoms with Gasteiger partial charge in [0.1, 0.15) is 5.82 Å². The van der Waals surface area contributed by atoms with Crippen molar-refractivity contribution in [3.05, 3.63) is 12.3 Å². The number of carbonyl (C=O) groups is 1. The second kappa shape index (κ2) is 6.44. The maximum atomic E-state index is 11.7. The minimum atomic E-state index is -0.0795. The van der Waals surface area contributed by atoms with Crippen molar-refractivity contribution in [2.45, 2.75) is 44.8 Å². The molecule has 1 spiro atoms. The highest BCUT2D eigenvalue weighted by Gasteiger charge is 2.63. The predicted molar refractivity (Wildman–Crippen MR) is 95.5 cm³/mol. The van der Waals surface area contributed by atoms with Crippen molar-refractivity contribution in [2.24, 2.45) is 11.8 Å². The molecule has 3 aliphatic rings. The highest BCUT2D eigenvalue weighted by atomic mass is 16.5. The quantitative estimate of drug-likeness (QED) is 0.812. The summed E-state index contributed by atoms with van der Waals surface area (Å²) in [4.78, 5) is 23.0. The Bertz CT molecular complexity index is 654. The van der Waals surface area contributed by atoms with Crippen molar-refractivity contribution < 1.29 is 9.53 Å². The molecule has 3 saturated heterocycles. The Balaban J connectivity index is 1.49. The highest BCUT2D eigenvalue weighted by Crippen LogP contribution is 2.54. The van der Waals surface area contributed by atoms with Gasteiger partial charge in [-0.15, -0.1) is 0 Å². The molecule has 0 radical (unpaired) electrons. The largest absolute Gasteiger partial charge is 0.370 e. The number of hydrogen-bond acceptors (Lipinski definition) is 6. The van der Waals surface area contributed by atoms with Gasteiger partial charge in [-0.3, -0.25) is 4.79 Å². The average Bonchev–Trinajstić information content (AvgIpc) is 3.28. The molecule has 0 saturated carbocycles. The van der Waals surface area contributed by atoms with Crippen LogP contribution in [0.3, 0.4) is 0 Å². The van der Waals surface area contributed by atoms with Gasteiger partial charge in [0.05, 0.1) is 18.2 Å². The van der Waals surface area contributed by atoms with Crippen LogP contribution in [-0.2, 0) is 9.53 Å². The summed E-state index contributed by atoms with van der Waals surface area (Å²) in [5.41, 5.74) is -0.0795. The molecular formula is C18H27N5O2. The Hall–Kier alpha value is -1.89. The molecule has 1 aromatic rings. The van der Waals surface area contributed by atoms with E-state index in [9.17, 15) is 4.79 Å². The normalized spacial score (nSPS) is 32.7. The summed E-state index contributed by atoms with van der Waals surface area (Å²) >= 11 is 0. The van der Waals surface area contributed by atoms with Crippen LogP contribution in [0.25, 0.3) is 0 Å². The van der Waals surface area contributed by atoms with E-state index in [1.54, 1.807) is 0 Å². The van der Waals surface area contributed by atoms with E-state index in [0.717, 1.165) is 50.8 Å². The van der Waals surface area contributed by atoms with Crippen molar-refractivity contribution in [3.63, 3.8) is 0 Å². The van der Waals surface area contributed by atoms with E-state index in [1.165, 1.54) is 0 Å². The Morgan fingerprint density at radius 2 is 2.36 bits per heavy atom. The molecule has 0 unspecified atom stereocenters. The van der Waals surface area contributed by atoms with E-state index in [-0.39, 0.29) is 11.5 Å². The molecule has 136 valence electrons. The molecule has 3 fully saturated rings. The zero-order chi connectivity index (χ0) is 17.4. The number of anilines is 2. The van der Waals surface area contributed by atoms with Crippen molar-refractivity contribution in [3.8, 4) is 0 Å². The summed E-state index contributed by atoms with van der Waals surface area (Å²) in [7, 11) is 0. The van der Waals surface area contributed by atoms with E-state index in [2.05, 4.69) is 32.4 Å². The summed E-state index contributed by atoms with van der Waals surface area (Å²) in [5, 5.41) is 6.32. The first-order valence-corrected chi connectivity index (χ1v) is 9.41. The van der Waals surface area contributed by atoms with Gasteiger partial charge in [-0.05, 0) is 25.8 Å². The molecule has 2 N–H and O–H groups in total. The van der Waals surface area contributed by atoms with E-state index >= 15 is 0 Å². The average molecular weight is 345 g/mol. The fraction of sp³-hybridized carbons (Fsp3) is 0.722. The first-order chi connectivity index (χ1) is 12.1. The molecule has 1 amide bonds. The third kappa shape index (κ3) is 2.84. The second-order valence-electron chi connectivity index (χ2n) is 7.34. The molecule has 25 heavy (non-hydrogen) atoms. The minimum Gasteiger partial charge on any atom is -0.370 e. The zero-order valence-corrected chi connectivity index (χ0v) is 15.0. The van der Waals surface area contributed by atoms with Gasteiger partial charge < -0.3 is 20.3 Å². The van der Waals surface area contributed by atoms with E-state index < -0.39 is 0 Å². The fourth-order valence-corrected chi connectivity index (χ4v) is 4.75. The summed E-state index contributed by atoms with van der Waals surface area (Å²) in [6.45, 7) is 7.26. The van der Waals surface area contributed by atoms with Crippen LogP contribution in [0.5, 0.6) is 0 Å². The maximum Gasteiger partial charge on any atom is 0.227 e. The number of nitrogens with one attached hydrogen (secondary N) is 2. The van der Waals surface area contributed by atoms with Gasteiger partial charge in [-0.2, -0.15) is 4.98 Å². The van der Waals surface area contributed by atoms with Crippen LogP contribution in [0.4, 0.5) is 11.8 Å². The van der Waals surface area contributed by atoms with Crippen molar-refractivity contribution in [1.29, 1.82) is 0 Å². The van der Waals surface area contributed by atoms with Gasteiger partial charge in [0.25, 0.3) is 0 Å². The standard InChI is InChI=1S/C18H27N5O2/c1-3-16(24)21-9-12-13-10-23(11-18(13)7-5-14(12)25-18)17-20-8-6-15(22-17)19-4-2/h6,8,12-14H,3-5,7,9-11H2,1-2H3,(H,21,24)(H,19,20,22)/t12-,13+,14+,18+/m0/s1. The molecule has 4 heterocycles. The van der Waals surface area contributed by atoms with Gasteiger partial charge in [0.15, 0.2) is 0 Å². The lowest BCUT2D eigenvalue weighted by Gasteiger charge is -2.29. The Morgan fingerprint density at radius 3 is 3.16 bits per heavy atom. The summed E-state index contributed by atoms with van der Waals surface area (Å²) in [5.74, 6) is 2.58. The molecule has 2 bridgehead atoms. The number of carbonyl (C=O) groups excluding carboxylic acids is 1.